The number of aliphatic hydroxyl groups is 2. The highest BCUT2D eigenvalue weighted by Crippen LogP contribution is 2.38. The Hall–Kier alpha value is -1.92. The van der Waals surface area contributed by atoms with E-state index in [9.17, 15) is 19.0 Å². The lowest BCUT2D eigenvalue weighted by molar-refractivity contribution is -0.0258. The molecule has 0 aromatic carbocycles. The van der Waals surface area contributed by atoms with Crippen molar-refractivity contribution in [3.63, 3.8) is 0 Å². The Kier molecular flexibility index (Phi) is 4.96. The third-order valence-corrected chi connectivity index (χ3v) is 5.56. The highest BCUT2D eigenvalue weighted by Gasteiger charge is 2.49. The molecule has 9 nitrogen and oxygen atoms in total. The molecular weight excluding hydrogens is 374 g/mol. The molecular formula is C17H24F2N6O3. The fraction of sp³-hybridized carbons (Fsp3) is 0.647. The molecule has 2 aromatic heterocycles. The fourth-order valence-electron chi connectivity index (χ4n) is 4.22. The van der Waals surface area contributed by atoms with Crippen LogP contribution in [0.15, 0.2) is 18.5 Å². The number of aliphatic hydroxyl groups excluding tert-OH is 2. The summed E-state index contributed by atoms with van der Waals surface area (Å²) in [5, 5.41) is 25.1. The molecule has 0 saturated carbocycles. The summed E-state index contributed by atoms with van der Waals surface area (Å²) in [6.45, 7) is -0.0356. The van der Waals surface area contributed by atoms with Crippen molar-refractivity contribution in [1.29, 1.82) is 0 Å². The maximum atomic E-state index is 13.9. The second kappa shape index (κ2) is 7.16. The molecule has 2 aliphatic rings. The summed E-state index contributed by atoms with van der Waals surface area (Å²) < 4.78 is 35.1. The first-order chi connectivity index (χ1) is 13.3. The van der Waals surface area contributed by atoms with Gasteiger partial charge in [0, 0.05) is 19.0 Å². The van der Waals surface area contributed by atoms with Crippen molar-refractivity contribution in [3.8, 4) is 0 Å². The predicted octanol–water partition coefficient (Wildman–Crippen LogP) is -0.468. The third-order valence-electron chi connectivity index (χ3n) is 5.56. The number of ether oxygens (including phenoxy) is 1. The van der Waals surface area contributed by atoms with E-state index in [2.05, 4.69) is 10.1 Å². The molecule has 4 rings (SSSR count). The summed E-state index contributed by atoms with van der Waals surface area (Å²) in [6.07, 6.45) is -2.68. The number of fused-ring (bicyclic) bond motifs is 1. The van der Waals surface area contributed by atoms with Crippen molar-refractivity contribution in [2.24, 2.45) is 5.73 Å². The minimum atomic E-state index is -2.80. The van der Waals surface area contributed by atoms with Gasteiger partial charge in [0.15, 0.2) is 5.82 Å². The van der Waals surface area contributed by atoms with Crippen molar-refractivity contribution in [2.45, 2.75) is 49.2 Å². The molecule has 2 aliphatic heterocycles. The molecule has 2 saturated heterocycles. The van der Waals surface area contributed by atoms with Gasteiger partial charge in [0.1, 0.15) is 30.2 Å². The topological polar surface area (TPSA) is 135 Å². The van der Waals surface area contributed by atoms with Gasteiger partial charge in [0.25, 0.3) is 5.92 Å². The Morgan fingerprint density at radius 2 is 2.07 bits per heavy atom. The first kappa shape index (κ1) is 19.4. The average Bonchev–Trinajstić information content (AvgIpc) is 3.26. The van der Waals surface area contributed by atoms with E-state index in [1.807, 2.05) is 0 Å². The van der Waals surface area contributed by atoms with E-state index in [4.69, 9.17) is 16.2 Å². The molecule has 4 heterocycles. The van der Waals surface area contributed by atoms with Crippen LogP contribution in [0.4, 0.5) is 14.6 Å². The van der Waals surface area contributed by atoms with Crippen LogP contribution in [-0.2, 0) is 4.74 Å². The SMILES string of the molecule is NCC[C@@H]1CC(F)(F)CN1C[C@H]1O[C@@H](c2ccc3c(N)ncnn23)[C@H](O)[C@@H]1O. The number of anilines is 1. The molecule has 0 unspecified atom stereocenters. The zero-order valence-electron chi connectivity index (χ0n) is 15.2. The molecule has 154 valence electrons. The van der Waals surface area contributed by atoms with Crippen LogP contribution in [0.3, 0.4) is 0 Å². The zero-order valence-corrected chi connectivity index (χ0v) is 15.2. The summed E-state index contributed by atoms with van der Waals surface area (Å²) in [7, 11) is 0. The van der Waals surface area contributed by atoms with E-state index in [-0.39, 0.29) is 24.8 Å². The summed E-state index contributed by atoms with van der Waals surface area (Å²) in [6, 6.07) is 3.00. The normalized spacial score (nSPS) is 33.1. The average molecular weight is 398 g/mol. The first-order valence-electron chi connectivity index (χ1n) is 9.22. The molecule has 0 bridgehead atoms. The molecule has 0 spiro atoms. The van der Waals surface area contributed by atoms with Gasteiger partial charge >= 0.3 is 0 Å². The number of halogens is 2. The largest absolute Gasteiger partial charge is 0.388 e. The summed E-state index contributed by atoms with van der Waals surface area (Å²) in [5.41, 5.74) is 12.4. The van der Waals surface area contributed by atoms with Gasteiger partial charge in [-0.2, -0.15) is 5.10 Å². The second-order valence-corrected chi connectivity index (χ2v) is 7.50. The number of nitrogens with two attached hydrogens (primary N) is 2. The van der Waals surface area contributed by atoms with Crippen LogP contribution in [-0.4, -0.2) is 79.6 Å². The molecule has 0 radical (unpaired) electrons. The Bertz CT molecular complexity index is 849. The lowest BCUT2D eigenvalue weighted by Gasteiger charge is -2.27. The lowest BCUT2D eigenvalue weighted by Crippen LogP contribution is -2.43. The van der Waals surface area contributed by atoms with E-state index in [0.717, 1.165) is 0 Å². The number of aromatic nitrogens is 3. The molecule has 5 atom stereocenters. The molecule has 0 aliphatic carbocycles. The van der Waals surface area contributed by atoms with Crippen LogP contribution < -0.4 is 11.5 Å². The highest BCUT2D eigenvalue weighted by atomic mass is 19.3. The van der Waals surface area contributed by atoms with Crippen LogP contribution in [0.1, 0.15) is 24.6 Å². The quantitative estimate of drug-likeness (QED) is 0.531. The van der Waals surface area contributed by atoms with Crippen LogP contribution in [0, 0.1) is 0 Å². The number of nitrogens with zero attached hydrogens (tertiary/aromatic N) is 4. The number of nitrogen functional groups attached to an aromatic ring is 1. The Morgan fingerprint density at radius 1 is 1.29 bits per heavy atom. The van der Waals surface area contributed by atoms with Crippen LogP contribution in [0.25, 0.3) is 5.52 Å². The van der Waals surface area contributed by atoms with Gasteiger partial charge in [-0.3, -0.25) is 4.90 Å². The lowest BCUT2D eigenvalue weighted by atomic mass is 10.0. The third kappa shape index (κ3) is 3.33. The molecule has 28 heavy (non-hydrogen) atoms. The van der Waals surface area contributed by atoms with Crippen molar-refractivity contribution in [3.05, 3.63) is 24.2 Å². The van der Waals surface area contributed by atoms with Gasteiger partial charge in [0.2, 0.25) is 0 Å². The van der Waals surface area contributed by atoms with Crippen molar-refractivity contribution in [2.75, 3.05) is 25.4 Å². The van der Waals surface area contributed by atoms with E-state index in [0.29, 0.717) is 24.2 Å². The molecule has 2 fully saturated rings. The van der Waals surface area contributed by atoms with Crippen LogP contribution in [0.2, 0.25) is 0 Å². The first-order valence-corrected chi connectivity index (χ1v) is 9.22. The smallest absolute Gasteiger partial charge is 0.262 e. The monoisotopic (exact) mass is 398 g/mol. The van der Waals surface area contributed by atoms with Crippen molar-refractivity contribution >= 4 is 11.3 Å². The Labute approximate surface area is 159 Å². The molecule has 0 amide bonds. The predicted molar refractivity (Wildman–Crippen MR) is 95.6 cm³/mol. The van der Waals surface area contributed by atoms with E-state index in [1.54, 1.807) is 17.0 Å². The minimum Gasteiger partial charge on any atom is -0.388 e. The van der Waals surface area contributed by atoms with Crippen LogP contribution >= 0.6 is 0 Å². The number of rotatable bonds is 5. The highest BCUT2D eigenvalue weighted by molar-refractivity contribution is 5.65. The molecule has 11 heteroatoms. The molecule has 2 aromatic rings. The number of likely N-dealkylation sites (tertiary alicyclic amines) is 1. The Morgan fingerprint density at radius 3 is 2.82 bits per heavy atom. The minimum absolute atomic E-state index is 0.0788. The van der Waals surface area contributed by atoms with E-state index < -0.39 is 36.9 Å². The van der Waals surface area contributed by atoms with Crippen molar-refractivity contribution < 1.29 is 23.7 Å². The summed E-state index contributed by atoms with van der Waals surface area (Å²) in [4.78, 5) is 5.50. The fourth-order valence-corrected chi connectivity index (χ4v) is 4.22. The standard InChI is InChI=1S/C17H24F2N6O3/c18-17(19)5-9(3-4-20)24(7-17)6-12-13(26)14(27)15(28-12)10-1-2-11-16(21)22-8-23-25(10)11/h1-2,8-9,12-15,26-27H,3-7,20H2,(H2,21,22,23)/t9-,12-,13-,14-,15+/m1/s1. The van der Waals surface area contributed by atoms with Gasteiger partial charge < -0.3 is 26.4 Å². The van der Waals surface area contributed by atoms with Crippen LogP contribution in [0.5, 0.6) is 0 Å². The Balaban J connectivity index is 1.54. The van der Waals surface area contributed by atoms with E-state index in [1.165, 1.54) is 10.8 Å². The summed E-state index contributed by atoms with van der Waals surface area (Å²) in [5.74, 6) is -2.53. The van der Waals surface area contributed by atoms with Gasteiger partial charge in [-0.1, -0.05) is 0 Å². The zero-order chi connectivity index (χ0) is 20.1. The van der Waals surface area contributed by atoms with E-state index >= 15 is 0 Å². The second-order valence-electron chi connectivity index (χ2n) is 7.50. The number of hydrogen-bond acceptors (Lipinski definition) is 8. The van der Waals surface area contributed by atoms with Gasteiger partial charge in [-0.15, -0.1) is 0 Å². The number of hydrogen-bond donors (Lipinski definition) is 4. The van der Waals surface area contributed by atoms with Crippen molar-refractivity contribution in [1.82, 2.24) is 19.5 Å². The summed E-state index contributed by atoms with van der Waals surface area (Å²) >= 11 is 0. The maximum Gasteiger partial charge on any atom is 0.262 e. The molecule has 6 N–H and O–H groups in total. The maximum absolute atomic E-state index is 13.9. The van der Waals surface area contributed by atoms with Gasteiger partial charge in [-0.25, -0.2) is 18.3 Å². The van der Waals surface area contributed by atoms with Gasteiger partial charge in [0.05, 0.1) is 18.3 Å². The van der Waals surface area contributed by atoms with Gasteiger partial charge in [-0.05, 0) is 25.1 Å². The number of alkyl halides is 2.